The van der Waals surface area contributed by atoms with Crippen LogP contribution in [-0.2, 0) is 6.54 Å². The number of ether oxygens (including phenoxy) is 1. The van der Waals surface area contributed by atoms with Crippen LogP contribution in [0.4, 0.5) is 8.78 Å². The zero-order valence-electron chi connectivity index (χ0n) is 13.2. The first-order valence-electron chi connectivity index (χ1n) is 7.34. The molecule has 7 heteroatoms. The van der Waals surface area contributed by atoms with Crippen molar-refractivity contribution in [3.8, 4) is 17.0 Å². The fourth-order valence-corrected chi connectivity index (χ4v) is 2.64. The molecular formula is C18H13ClF2N2O2. The molecule has 0 saturated carbocycles. The van der Waals surface area contributed by atoms with Crippen molar-refractivity contribution in [3.63, 3.8) is 0 Å². The number of hydrogen-bond acceptors (Lipinski definition) is 3. The van der Waals surface area contributed by atoms with Crippen molar-refractivity contribution in [1.29, 1.82) is 0 Å². The smallest absolute Gasteiger partial charge is 0.267 e. The third-order valence-corrected chi connectivity index (χ3v) is 4.03. The number of aromatic nitrogens is 2. The maximum absolute atomic E-state index is 14.0. The van der Waals surface area contributed by atoms with Crippen LogP contribution in [0.2, 0.25) is 5.02 Å². The minimum Gasteiger partial charge on any atom is -0.496 e. The molecule has 3 rings (SSSR count). The van der Waals surface area contributed by atoms with Gasteiger partial charge in [0, 0.05) is 28.3 Å². The molecule has 0 saturated heterocycles. The average molecular weight is 363 g/mol. The zero-order valence-corrected chi connectivity index (χ0v) is 13.9. The Morgan fingerprint density at radius 3 is 2.68 bits per heavy atom. The molecule has 4 nitrogen and oxygen atoms in total. The lowest BCUT2D eigenvalue weighted by molar-refractivity contribution is 0.412. The van der Waals surface area contributed by atoms with Crippen LogP contribution in [-0.4, -0.2) is 16.9 Å². The lowest BCUT2D eigenvalue weighted by atomic mass is 10.1. The Labute approximate surface area is 147 Å². The third-order valence-electron chi connectivity index (χ3n) is 3.68. The van der Waals surface area contributed by atoms with E-state index in [0.29, 0.717) is 11.3 Å². The highest BCUT2D eigenvalue weighted by molar-refractivity contribution is 6.31. The molecule has 25 heavy (non-hydrogen) atoms. The minimum atomic E-state index is -0.522. The average Bonchev–Trinajstić information content (AvgIpc) is 2.60. The summed E-state index contributed by atoms with van der Waals surface area (Å²) < 4.78 is 33.6. The Morgan fingerprint density at radius 1 is 1.16 bits per heavy atom. The molecule has 0 bridgehead atoms. The van der Waals surface area contributed by atoms with Gasteiger partial charge in [-0.2, -0.15) is 5.10 Å². The molecule has 0 N–H and O–H groups in total. The summed E-state index contributed by atoms with van der Waals surface area (Å²) in [6, 6.07) is 11.1. The Kier molecular flexibility index (Phi) is 4.81. The van der Waals surface area contributed by atoms with E-state index in [2.05, 4.69) is 5.10 Å². The van der Waals surface area contributed by atoms with Gasteiger partial charge in [0.1, 0.15) is 17.4 Å². The molecule has 128 valence electrons. The molecule has 0 unspecified atom stereocenters. The van der Waals surface area contributed by atoms with E-state index in [1.165, 1.54) is 55.6 Å². The lowest BCUT2D eigenvalue weighted by Gasteiger charge is -2.11. The van der Waals surface area contributed by atoms with E-state index < -0.39 is 17.2 Å². The summed E-state index contributed by atoms with van der Waals surface area (Å²) in [6.07, 6.45) is 0. The summed E-state index contributed by atoms with van der Waals surface area (Å²) in [7, 11) is 1.41. The van der Waals surface area contributed by atoms with Crippen molar-refractivity contribution in [2.45, 2.75) is 6.54 Å². The molecular weight excluding hydrogens is 350 g/mol. The van der Waals surface area contributed by atoms with E-state index in [-0.39, 0.29) is 22.9 Å². The van der Waals surface area contributed by atoms with Crippen molar-refractivity contribution in [2.75, 3.05) is 7.11 Å². The SMILES string of the molecule is COc1cc(F)ccc1-c1ccc(=O)n(Cc2c(F)cccc2Cl)n1. The highest BCUT2D eigenvalue weighted by atomic mass is 35.5. The molecule has 1 aromatic heterocycles. The molecule has 3 aromatic rings. The van der Waals surface area contributed by atoms with Crippen LogP contribution >= 0.6 is 11.6 Å². The van der Waals surface area contributed by atoms with Gasteiger partial charge in [0.15, 0.2) is 0 Å². The molecule has 0 amide bonds. The second kappa shape index (κ2) is 7.03. The summed E-state index contributed by atoms with van der Waals surface area (Å²) in [6.45, 7) is -0.123. The highest BCUT2D eigenvalue weighted by Crippen LogP contribution is 2.28. The summed E-state index contributed by atoms with van der Waals surface area (Å²) in [5.74, 6) is -0.695. The van der Waals surface area contributed by atoms with E-state index >= 15 is 0 Å². The van der Waals surface area contributed by atoms with Gasteiger partial charge in [-0.05, 0) is 30.3 Å². The Balaban J connectivity index is 2.06. The number of hydrogen-bond donors (Lipinski definition) is 0. The Morgan fingerprint density at radius 2 is 1.96 bits per heavy atom. The molecule has 0 radical (unpaired) electrons. The van der Waals surface area contributed by atoms with Gasteiger partial charge < -0.3 is 4.74 Å². The quantitative estimate of drug-likeness (QED) is 0.707. The van der Waals surface area contributed by atoms with Crippen molar-refractivity contribution in [1.82, 2.24) is 9.78 Å². The fourth-order valence-electron chi connectivity index (χ4n) is 2.42. The van der Waals surface area contributed by atoms with Gasteiger partial charge in [-0.15, -0.1) is 0 Å². The number of halogens is 3. The molecule has 0 aliphatic heterocycles. The maximum atomic E-state index is 14.0. The van der Waals surface area contributed by atoms with Crippen LogP contribution in [0.1, 0.15) is 5.56 Å². The Bertz CT molecular complexity index is 969. The van der Waals surface area contributed by atoms with Crippen molar-refractivity contribution in [2.24, 2.45) is 0 Å². The first-order valence-corrected chi connectivity index (χ1v) is 7.72. The second-order valence-electron chi connectivity index (χ2n) is 5.26. The van der Waals surface area contributed by atoms with Crippen LogP contribution in [0.25, 0.3) is 11.3 Å². The van der Waals surface area contributed by atoms with Crippen LogP contribution < -0.4 is 10.3 Å². The van der Waals surface area contributed by atoms with E-state index in [0.717, 1.165) is 4.68 Å². The van der Waals surface area contributed by atoms with Gasteiger partial charge in [-0.25, -0.2) is 13.5 Å². The predicted molar refractivity (Wildman–Crippen MR) is 91.0 cm³/mol. The normalized spacial score (nSPS) is 10.7. The van der Waals surface area contributed by atoms with Crippen LogP contribution in [0, 0.1) is 11.6 Å². The number of rotatable bonds is 4. The molecule has 2 aromatic carbocycles. The molecule has 0 fully saturated rings. The van der Waals surface area contributed by atoms with Gasteiger partial charge in [0.05, 0.1) is 19.3 Å². The highest BCUT2D eigenvalue weighted by Gasteiger charge is 2.13. The minimum absolute atomic E-state index is 0.123. The molecule has 0 aliphatic carbocycles. The standard InChI is InChI=1S/C18H13ClF2N2O2/c1-25-17-9-11(20)5-6-12(17)16-7-8-18(24)23(22-16)10-13-14(19)3-2-4-15(13)21/h2-9H,10H2,1H3. The number of nitrogens with zero attached hydrogens (tertiary/aromatic N) is 2. The fraction of sp³-hybridized carbons (Fsp3) is 0.111. The van der Waals surface area contributed by atoms with Crippen LogP contribution in [0.3, 0.4) is 0 Å². The van der Waals surface area contributed by atoms with Crippen LogP contribution in [0.15, 0.2) is 53.3 Å². The third kappa shape index (κ3) is 3.53. The maximum Gasteiger partial charge on any atom is 0.267 e. The van der Waals surface area contributed by atoms with Crippen LogP contribution in [0.5, 0.6) is 5.75 Å². The molecule has 0 spiro atoms. The van der Waals surface area contributed by atoms with Gasteiger partial charge >= 0.3 is 0 Å². The van der Waals surface area contributed by atoms with Gasteiger partial charge in [0.2, 0.25) is 0 Å². The van der Waals surface area contributed by atoms with Crippen molar-refractivity contribution < 1.29 is 13.5 Å². The largest absolute Gasteiger partial charge is 0.496 e. The first kappa shape index (κ1) is 17.1. The monoisotopic (exact) mass is 362 g/mol. The summed E-state index contributed by atoms with van der Waals surface area (Å²) in [5.41, 5.74) is 0.660. The van der Waals surface area contributed by atoms with Crippen molar-refractivity contribution in [3.05, 3.63) is 81.1 Å². The lowest BCUT2D eigenvalue weighted by Crippen LogP contribution is -2.23. The zero-order chi connectivity index (χ0) is 18.0. The van der Waals surface area contributed by atoms with Gasteiger partial charge in [0.25, 0.3) is 5.56 Å². The molecule has 0 atom stereocenters. The van der Waals surface area contributed by atoms with Gasteiger partial charge in [-0.3, -0.25) is 4.79 Å². The first-order chi connectivity index (χ1) is 12.0. The molecule has 1 heterocycles. The van der Waals surface area contributed by atoms with E-state index in [1.54, 1.807) is 0 Å². The summed E-state index contributed by atoms with van der Waals surface area (Å²) in [5, 5.41) is 4.44. The number of methoxy groups -OCH3 is 1. The van der Waals surface area contributed by atoms with E-state index in [4.69, 9.17) is 16.3 Å². The van der Waals surface area contributed by atoms with E-state index in [9.17, 15) is 13.6 Å². The second-order valence-corrected chi connectivity index (χ2v) is 5.67. The molecule has 0 aliphatic rings. The number of benzene rings is 2. The summed E-state index contributed by atoms with van der Waals surface area (Å²) >= 11 is 6.01. The Hall–Kier alpha value is -2.73. The summed E-state index contributed by atoms with van der Waals surface area (Å²) in [4.78, 5) is 12.1. The predicted octanol–water partition coefficient (Wildman–Crippen LogP) is 3.90. The van der Waals surface area contributed by atoms with Crippen molar-refractivity contribution >= 4 is 11.6 Å². The van der Waals surface area contributed by atoms with Gasteiger partial charge in [-0.1, -0.05) is 17.7 Å². The van der Waals surface area contributed by atoms with E-state index in [1.807, 2.05) is 0 Å². The topological polar surface area (TPSA) is 44.1 Å².